The molecule has 6 nitrogen and oxygen atoms in total. The molecule has 1 unspecified atom stereocenters. The molecule has 1 aliphatic rings. The minimum Gasteiger partial charge on any atom is -0.374 e. The number of amides is 1. The van der Waals surface area contributed by atoms with E-state index in [0.717, 1.165) is 12.0 Å². The number of hydrogen-bond donors (Lipinski definition) is 3. The number of likely N-dealkylation sites (tertiary alicyclic amines) is 1. The van der Waals surface area contributed by atoms with Crippen LogP contribution < -0.4 is 5.73 Å². The second kappa shape index (κ2) is 5.01. The summed E-state index contributed by atoms with van der Waals surface area (Å²) in [6.45, 7) is 0.426. The van der Waals surface area contributed by atoms with Crippen molar-refractivity contribution in [1.29, 1.82) is 0 Å². The van der Waals surface area contributed by atoms with Crippen LogP contribution in [0.2, 0.25) is 0 Å². The first-order valence-corrected chi connectivity index (χ1v) is 5.90. The Labute approximate surface area is 105 Å². The standard InChI is InChI=1S/C12H17N3O3/c13-12(18,8-9-3-5-14-6-4-9)11(17)15-7-1-2-10(15)16/h3-6,10,16,18H,1-2,7-8,13H2/t10?,12-/m1/s1. The summed E-state index contributed by atoms with van der Waals surface area (Å²) in [7, 11) is 0. The molecule has 18 heavy (non-hydrogen) atoms. The second-order valence-electron chi connectivity index (χ2n) is 4.58. The fourth-order valence-corrected chi connectivity index (χ4v) is 2.12. The Morgan fingerprint density at radius 1 is 1.56 bits per heavy atom. The van der Waals surface area contributed by atoms with E-state index in [2.05, 4.69) is 4.98 Å². The highest BCUT2D eigenvalue weighted by molar-refractivity contribution is 5.85. The Morgan fingerprint density at radius 3 is 2.78 bits per heavy atom. The molecular weight excluding hydrogens is 234 g/mol. The third-order valence-electron chi connectivity index (χ3n) is 3.08. The molecule has 0 bridgehead atoms. The van der Waals surface area contributed by atoms with Gasteiger partial charge in [0.05, 0.1) is 0 Å². The predicted molar refractivity (Wildman–Crippen MR) is 64.0 cm³/mol. The fraction of sp³-hybridized carbons (Fsp3) is 0.500. The van der Waals surface area contributed by atoms with Gasteiger partial charge in [0.25, 0.3) is 5.91 Å². The second-order valence-corrected chi connectivity index (χ2v) is 4.58. The molecule has 1 amide bonds. The van der Waals surface area contributed by atoms with Crippen LogP contribution >= 0.6 is 0 Å². The minimum atomic E-state index is -1.99. The molecule has 4 N–H and O–H groups in total. The van der Waals surface area contributed by atoms with E-state index in [-0.39, 0.29) is 6.42 Å². The molecule has 2 heterocycles. The van der Waals surface area contributed by atoms with Crippen LogP contribution in [0.15, 0.2) is 24.5 Å². The lowest BCUT2D eigenvalue weighted by molar-refractivity contribution is -0.157. The molecule has 0 aliphatic carbocycles. The molecule has 0 aromatic carbocycles. The highest BCUT2D eigenvalue weighted by atomic mass is 16.3. The van der Waals surface area contributed by atoms with Crippen molar-refractivity contribution in [2.75, 3.05) is 6.54 Å². The fourth-order valence-electron chi connectivity index (χ4n) is 2.12. The average Bonchev–Trinajstić information content (AvgIpc) is 2.75. The molecule has 2 rings (SSSR count). The van der Waals surface area contributed by atoms with Crippen LogP contribution in [0.5, 0.6) is 0 Å². The SMILES string of the molecule is N[C@@](O)(Cc1ccncc1)C(=O)N1CCCC1O. The van der Waals surface area contributed by atoms with Gasteiger partial charge in [-0.3, -0.25) is 15.5 Å². The van der Waals surface area contributed by atoms with Gasteiger partial charge in [0, 0.05) is 25.4 Å². The summed E-state index contributed by atoms with van der Waals surface area (Å²) in [6, 6.07) is 3.37. The zero-order valence-electron chi connectivity index (χ0n) is 9.99. The summed E-state index contributed by atoms with van der Waals surface area (Å²) < 4.78 is 0. The zero-order valence-corrected chi connectivity index (χ0v) is 9.99. The van der Waals surface area contributed by atoms with Crippen molar-refractivity contribution in [3.63, 3.8) is 0 Å². The van der Waals surface area contributed by atoms with E-state index in [1.54, 1.807) is 24.5 Å². The lowest BCUT2D eigenvalue weighted by Crippen LogP contribution is -2.57. The first kappa shape index (κ1) is 12.9. The number of carbonyl (C=O) groups excluding carboxylic acids is 1. The Balaban J connectivity index is 2.08. The van der Waals surface area contributed by atoms with Gasteiger partial charge < -0.3 is 15.1 Å². The number of carbonyl (C=O) groups is 1. The summed E-state index contributed by atoms with van der Waals surface area (Å²) in [4.78, 5) is 17.1. The minimum absolute atomic E-state index is 0.00241. The lowest BCUT2D eigenvalue weighted by Gasteiger charge is -2.29. The Kier molecular flexibility index (Phi) is 3.60. The molecule has 1 aromatic rings. The topological polar surface area (TPSA) is 99.7 Å². The van der Waals surface area contributed by atoms with Crippen molar-refractivity contribution >= 4 is 5.91 Å². The van der Waals surface area contributed by atoms with Gasteiger partial charge in [-0.1, -0.05) is 0 Å². The molecule has 1 fully saturated rings. The van der Waals surface area contributed by atoms with Crippen LogP contribution in [-0.2, 0) is 11.2 Å². The van der Waals surface area contributed by atoms with Gasteiger partial charge in [0.15, 0.2) is 5.72 Å². The van der Waals surface area contributed by atoms with E-state index in [4.69, 9.17) is 5.73 Å². The van der Waals surface area contributed by atoms with E-state index in [1.165, 1.54) is 4.90 Å². The maximum Gasteiger partial charge on any atom is 0.272 e. The van der Waals surface area contributed by atoms with Gasteiger partial charge in [-0.25, -0.2) is 0 Å². The van der Waals surface area contributed by atoms with E-state index < -0.39 is 17.9 Å². The quantitative estimate of drug-likeness (QED) is 0.611. The lowest BCUT2D eigenvalue weighted by atomic mass is 10.0. The van der Waals surface area contributed by atoms with E-state index in [9.17, 15) is 15.0 Å². The maximum absolute atomic E-state index is 12.1. The van der Waals surface area contributed by atoms with Gasteiger partial charge in [0.2, 0.25) is 0 Å². The summed E-state index contributed by atoms with van der Waals surface area (Å²) in [5, 5.41) is 19.7. The molecule has 98 valence electrons. The number of aliphatic hydroxyl groups excluding tert-OH is 1. The zero-order chi connectivity index (χ0) is 13.2. The summed E-state index contributed by atoms with van der Waals surface area (Å²) >= 11 is 0. The van der Waals surface area contributed by atoms with Gasteiger partial charge in [-0.15, -0.1) is 0 Å². The predicted octanol–water partition coefficient (Wildman–Crippen LogP) is -0.788. The number of nitrogens with two attached hydrogens (primary N) is 1. The monoisotopic (exact) mass is 251 g/mol. The molecule has 0 radical (unpaired) electrons. The Hall–Kier alpha value is -1.50. The molecule has 0 saturated carbocycles. The summed E-state index contributed by atoms with van der Waals surface area (Å²) in [6.07, 6.45) is 3.54. The van der Waals surface area contributed by atoms with Gasteiger partial charge in [0.1, 0.15) is 6.23 Å². The molecule has 1 saturated heterocycles. The number of aromatic nitrogens is 1. The normalized spacial score (nSPS) is 22.8. The molecule has 2 atom stereocenters. The van der Waals surface area contributed by atoms with Gasteiger partial charge in [-0.2, -0.15) is 0 Å². The summed E-state index contributed by atoms with van der Waals surface area (Å²) in [5.41, 5.74) is 4.39. The first-order chi connectivity index (χ1) is 8.50. The molecule has 1 aromatic heterocycles. The smallest absolute Gasteiger partial charge is 0.272 e. The van der Waals surface area contributed by atoms with E-state index in [0.29, 0.717) is 13.0 Å². The van der Waals surface area contributed by atoms with Crippen LogP contribution in [0.4, 0.5) is 0 Å². The third-order valence-corrected chi connectivity index (χ3v) is 3.08. The van der Waals surface area contributed by atoms with Crippen molar-refractivity contribution in [3.8, 4) is 0 Å². The number of pyridine rings is 1. The molecule has 1 aliphatic heterocycles. The van der Waals surface area contributed by atoms with E-state index >= 15 is 0 Å². The van der Waals surface area contributed by atoms with Crippen LogP contribution in [0.1, 0.15) is 18.4 Å². The van der Waals surface area contributed by atoms with Crippen LogP contribution in [0, 0.1) is 0 Å². The number of hydrogen-bond acceptors (Lipinski definition) is 5. The van der Waals surface area contributed by atoms with Crippen LogP contribution in [0.25, 0.3) is 0 Å². The third kappa shape index (κ3) is 2.66. The van der Waals surface area contributed by atoms with Gasteiger partial charge >= 0.3 is 0 Å². The largest absolute Gasteiger partial charge is 0.374 e. The van der Waals surface area contributed by atoms with Gasteiger partial charge in [-0.05, 0) is 30.5 Å². The van der Waals surface area contributed by atoms with Crippen molar-refractivity contribution in [1.82, 2.24) is 9.88 Å². The summed E-state index contributed by atoms with van der Waals surface area (Å²) in [5.74, 6) is -0.635. The number of nitrogens with zero attached hydrogens (tertiary/aromatic N) is 2. The van der Waals surface area contributed by atoms with Crippen molar-refractivity contribution in [2.24, 2.45) is 5.73 Å². The first-order valence-electron chi connectivity index (χ1n) is 5.90. The number of aliphatic hydroxyl groups is 2. The molecule has 0 spiro atoms. The molecule has 6 heteroatoms. The Morgan fingerprint density at radius 2 is 2.22 bits per heavy atom. The Bertz CT molecular complexity index is 422. The van der Waals surface area contributed by atoms with Crippen molar-refractivity contribution < 1.29 is 15.0 Å². The van der Waals surface area contributed by atoms with Crippen LogP contribution in [-0.4, -0.2) is 44.5 Å². The molecular formula is C12H17N3O3. The average molecular weight is 251 g/mol. The van der Waals surface area contributed by atoms with E-state index in [1.807, 2.05) is 0 Å². The number of rotatable bonds is 3. The van der Waals surface area contributed by atoms with Crippen LogP contribution in [0.3, 0.4) is 0 Å². The van der Waals surface area contributed by atoms with Crippen molar-refractivity contribution in [3.05, 3.63) is 30.1 Å². The highest BCUT2D eigenvalue weighted by Crippen LogP contribution is 2.19. The van der Waals surface area contributed by atoms with Crippen molar-refractivity contribution in [2.45, 2.75) is 31.2 Å². The highest BCUT2D eigenvalue weighted by Gasteiger charge is 2.39. The maximum atomic E-state index is 12.1.